The van der Waals surface area contributed by atoms with Crippen LogP contribution in [0.15, 0.2) is 30.3 Å². The summed E-state index contributed by atoms with van der Waals surface area (Å²) in [5.74, 6) is 0.702. The van der Waals surface area contributed by atoms with Gasteiger partial charge in [-0.1, -0.05) is 45.1 Å². The Kier molecular flexibility index (Phi) is 10.3. The summed E-state index contributed by atoms with van der Waals surface area (Å²) in [6.07, 6.45) is 12.8. The molecular weight excluding hydrogens is 433 g/mol. The molecule has 2 aromatic rings. The molecule has 0 saturated carbocycles. The van der Waals surface area contributed by atoms with Crippen molar-refractivity contribution in [3.05, 3.63) is 50.4 Å². The number of unbranched alkanes of at least 4 members (excludes halogenated alkanes) is 2. The number of hydrogen-bond acceptors (Lipinski definition) is 3. The average molecular weight is 463 g/mol. The summed E-state index contributed by atoms with van der Waals surface area (Å²) < 4.78 is 0. The number of hydrogen-bond donors (Lipinski definition) is 1. The van der Waals surface area contributed by atoms with E-state index in [1.54, 1.807) is 11.3 Å². The van der Waals surface area contributed by atoms with Crippen molar-refractivity contribution in [2.75, 3.05) is 0 Å². The maximum absolute atomic E-state index is 10.4. The summed E-state index contributed by atoms with van der Waals surface area (Å²) >= 11 is 3.56. The Morgan fingerprint density at radius 2 is 2.12 bits per heavy atom. The second kappa shape index (κ2) is 11.9. The number of thiophene rings is 2. The third-order valence-electron chi connectivity index (χ3n) is 5.14. The van der Waals surface area contributed by atoms with Crippen molar-refractivity contribution in [3.8, 4) is 0 Å². The van der Waals surface area contributed by atoms with Crippen molar-refractivity contribution in [2.45, 2.75) is 70.8 Å². The Balaban J connectivity index is 0.00000243. The van der Waals surface area contributed by atoms with Crippen molar-refractivity contribution in [1.82, 2.24) is 0 Å². The van der Waals surface area contributed by atoms with E-state index in [0.29, 0.717) is 5.92 Å². The monoisotopic (exact) mass is 462 g/mol. The van der Waals surface area contributed by atoms with E-state index in [1.165, 1.54) is 60.3 Å². The summed E-state index contributed by atoms with van der Waals surface area (Å²) in [4.78, 5) is 3.99. The summed E-state index contributed by atoms with van der Waals surface area (Å²) in [7, 11) is 0. The van der Waals surface area contributed by atoms with E-state index in [1.807, 2.05) is 17.4 Å². The fraction of sp³-hybridized carbons (Fsp3) is 0.545. The Bertz CT molecular complexity index is 660. The Morgan fingerprint density at radius 1 is 1.23 bits per heavy atom. The van der Waals surface area contributed by atoms with Gasteiger partial charge in [0.1, 0.15) is 0 Å². The van der Waals surface area contributed by atoms with Gasteiger partial charge < -0.3 is 16.4 Å². The molecule has 0 aromatic carbocycles. The van der Waals surface area contributed by atoms with Crippen LogP contribution in [0, 0.1) is 11.3 Å². The van der Waals surface area contributed by atoms with Gasteiger partial charge >= 0.3 is 0 Å². The standard InChI is InChI=1S/C22H29OS2.Y/c1-2-3-4-13-20(23)22-15-14-21(25-22)19-12-6-9-17(19)8-5-10-18-11-7-16-24-18;/h7,11-12,14-15,17,20,23H,2-6,8-10,13H2,1H3;/q-1;/t17-,20?;/m0./s1. The molecule has 1 aliphatic rings. The summed E-state index contributed by atoms with van der Waals surface area (Å²) in [6.45, 7) is 2.21. The molecule has 26 heavy (non-hydrogen) atoms. The first-order chi connectivity index (χ1) is 12.3. The van der Waals surface area contributed by atoms with Gasteiger partial charge in [0.2, 0.25) is 0 Å². The molecule has 2 aromatic heterocycles. The number of aliphatic hydroxyl groups is 1. The molecular formula is C22H29OS2Y-. The van der Waals surface area contributed by atoms with Crippen molar-refractivity contribution >= 4 is 28.2 Å². The SMILES string of the molecule is CCCCCC(O)c1ccc(C2=CCC[C@@H]2CCCc2cc[c-]s2)s1.[Y]. The second-order valence-electron chi connectivity index (χ2n) is 7.06. The third-order valence-corrected chi connectivity index (χ3v) is 7.23. The van der Waals surface area contributed by atoms with Gasteiger partial charge in [-0.2, -0.15) is 6.07 Å². The Labute approximate surface area is 191 Å². The minimum atomic E-state index is -0.277. The second-order valence-corrected chi connectivity index (χ2v) is 9.14. The molecule has 1 unspecified atom stereocenters. The molecule has 1 aliphatic carbocycles. The maximum Gasteiger partial charge on any atom is 0.0882 e. The molecule has 4 heteroatoms. The summed E-state index contributed by atoms with van der Waals surface area (Å²) in [5, 5.41) is 13.6. The van der Waals surface area contributed by atoms with Crippen LogP contribution in [-0.2, 0) is 39.1 Å². The summed E-state index contributed by atoms with van der Waals surface area (Å²) in [6, 6.07) is 8.61. The van der Waals surface area contributed by atoms with Crippen LogP contribution in [0.2, 0.25) is 0 Å². The molecule has 0 fully saturated rings. The van der Waals surface area contributed by atoms with Gasteiger partial charge in [0.25, 0.3) is 0 Å². The third kappa shape index (κ3) is 6.38. The molecule has 3 rings (SSSR count). The van der Waals surface area contributed by atoms with Crippen LogP contribution in [0.5, 0.6) is 0 Å². The molecule has 0 amide bonds. The predicted molar refractivity (Wildman–Crippen MR) is 110 cm³/mol. The Hall–Kier alpha value is 0.204. The number of rotatable bonds is 10. The van der Waals surface area contributed by atoms with Gasteiger partial charge in [0.15, 0.2) is 0 Å². The molecule has 2 atom stereocenters. The largest absolute Gasteiger partial charge is 0.388 e. The molecule has 0 spiro atoms. The van der Waals surface area contributed by atoms with Crippen LogP contribution in [0.3, 0.4) is 0 Å². The summed E-state index contributed by atoms with van der Waals surface area (Å²) in [5.41, 5.74) is 1.54. The van der Waals surface area contributed by atoms with Gasteiger partial charge in [-0.15, -0.1) is 21.6 Å². The van der Waals surface area contributed by atoms with E-state index in [4.69, 9.17) is 0 Å². The van der Waals surface area contributed by atoms with Gasteiger partial charge in [-0.3, -0.25) is 0 Å². The van der Waals surface area contributed by atoms with Crippen molar-refractivity contribution in [1.29, 1.82) is 0 Å². The normalized spacial score (nSPS) is 17.8. The smallest absolute Gasteiger partial charge is 0.0882 e. The van der Waals surface area contributed by atoms with Gasteiger partial charge in [-0.05, 0) is 49.3 Å². The van der Waals surface area contributed by atoms with E-state index in [0.717, 1.165) is 17.7 Å². The molecule has 1 radical (unpaired) electrons. The zero-order valence-electron chi connectivity index (χ0n) is 15.7. The van der Waals surface area contributed by atoms with Crippen LogP contribution in [-0.4, -0.2) is 5.11 Å². The molecule has 0 saturated heterocycles. The van der Waals surface area contributed by atoms with Gasteiger partial charge in [0, 0.05) is 42.5 Å². The van der Waals surface area contributed by atoms with Gasteiger partial charge in [0.05, 0.1) is 6.10 Å². The molecule has 0 bridgehead atoms. The number of aryl methyl sites for hydroxylation is 1. The average Bonchev–Trinajstić information content (AvgIpc) is 3.36. The maximum atomic E-state index is 10.4. The predicted octanol–water partition coefficient (Wildman–Crippen LogP) is 7.04. The van der Waals surface area contributed by atoms with Crippen LogP contribution >= 0.6 is 22.7 Å². The van der Waals surface area contributed by atoms with Gasteiger partial charge in [-0.25, -0.2) is 6.07 Å². The van der Waals surface area contributed by atoms with E-state index < -0.39 is 0 Å². The fourth-order valence-electron chi connectivity index (χ4n) is 3.71. The van der Waals surface area contributed by atoms with Crippen molar-refractivity contribution < 1.29 is 37.8 Å². The number of allylic oxidation sites excluding steroid dienone is 2. The van der Waals surface area contributed by atoms with E-state index in [2.05, 4.69) is 36.6 Å². The molecule has 1 N–H and O–H groups in total. The fourth-order valence-corrected chi connectivity index (χ4v) is 5.53. The van der Waals surface area contributed by atoms with E-state index in [9.17, 15) is 5.11 Å². The minimum absolute atomic E-state index is 0. The first-order valence-electron chi connectivity index (χ1n) is 9.71. The molecule has 0 aliphatic heterocycles. The quantitative estimate of drug-likeness (QED) is 0.297. The van der Waals surface area contributed by atoms with Crippen molar-refractivity contribution in [2.24, 2.45) is 5.92 Å². The van der Waals surface area contributed by atoms with Crippen LogP contribution < -0.4 is 0 Å². The first kappa shape index (κ1) is 22.5. The van der Waals surface area contributed by atoms with Crippen LogP contribution in [0.25, 0.3) is 5.57 Å². The Morgan fingerprint density at radius 3 is 2.88 bits per heavy atom. The molecule has 1 nitrogen and oxygen atoms in total. The van der Waals surface area contributed by atoms with Crippen LogP contribution in [0.1, 0.15) is 79.0 Å². The molecule has 139 valence electrons. The zero-order valence-corrected chi connectivity index (χ0v) is 20.2. The van der Waals surface area contributed by atoms with Crippen LogP contribution in [0.4, 0.5) is 0 Å². The topological polar surface area (TPSA) is 20.2 Å². The van der Waals surface area contributed by atoms with E-state index >= 15 is 0 Å². The first-order valence-corrected chi connectivity index (χ1v) is 11.3. The molecule has 2 heterocycles. The van der Waals surface area contributed by atoms with Crippen molar-refractivity contribution in [3.63, 3.8) is 0 Å². The number of aliphatic hydroxyl groups excluding tert-OH is 1. The zero-order chi connectivity index (χ0) is 17.5. The van der Waals surface area contributed by atoms with E-state index in [-0.39, 0.29) is 38.8 Å². The minimum Gasteiger partial charge on any atom is -0.388 e.